The summed E-state index contributed by atoms with van der Waals surface area (Å²) in [4.78, 5) is 21.6. The minimum absolute atomic E-state index is 0.261. The molecule has 1 amide bonds. The molecule has 0 spiro atoms. The average Bonchev–Trinajstić information content (AvgIpc) is 2.13. The maximum Gasteiger partial charge on any atom is 0.417 e. The molecule has 0 radical (unpaired) electrons. The van der Waals surface area contributed by atoms with Crippen LogP contribution in [-0.2, 0) is 4.74 Å². The lowest BCUT2D eigenvalue weighted by Gasteiger charge is -2.25. The minimum Gasteiger partial charge on any atom is -0.443 e. The summed E-state index contributed by atoms with van der Waals surface area (Å²) in [5, 5.41) is 0.305. The summed E-state index contributed by atoms with van der Waals surface area (Å²) < 4.78 is 5.29. The first kappa shape index (κ1) is 14.7. The van der Waals surface area contributed by atoms with Crippen LogP contribution in [0.4, 0.5) is 10.7 Å². The van der Waals surface area contributed by atoms with Crippen LogP contribution in [0.25, 0.3) is 0 Å². The summed E-state index contributed by atoms with van der Waals surface area (Å²) in [6.07, 6.45) is -0.480. The fourth-order valence-corrected chi connectivity index (χ4v) is 1.54. The van der Waals surface area contributed by atoms with Gasteiger partial charge in [0.1, 0.15) is 10.8 Å². The van der Waals surface area contributed by atoms with Gasteiger partial charge in [0.25, 0.3) is 0 Å². The van der Waals surface area contributed by atoms with Crippen molar-refractivity contribution in [1.29, 1.82) is 0 Å². The standard InChI is InChI=1S/C12H18ClN3O2/c1-6-16(11(17)18-12(3,4)5)10-14-8(2)7-9(13)15-10/h7H,6H2,1-5H3. The van der Waals surface area contributed by atoms with E-state index in [4.69, 9.17) is 16.3 Å². The molecule has 0 aliphatic heterocycles. The van der Waals surface area contributed by atoms with Gasteiger partial charge >= 0.3 is 6.09 Å². The smallest absolute Gasteiger partial charge is 0.417 e. The number of aryl methyl sites for hydroxylation is 1. The second kappa shape index (κ2) is 5.52. The van der Waals surface area contributed by atoms with Crippen molar-refractivity contribution in [1.82, 2.24) is 9.97 Å². The van der Waals surface area contributed by atoms with Crippen molar-refractivity contribution in [3.05, 3.63) is 16.9 Å². The van der Waals surface area contributed by atoms with Gasteiger partial charge in [-0.2, -0.15) is 0 Å². The first-order valence-corrected chi connectivity index (χ1v) is 6.12. The molecule has 0 unspecified atom stereocenters. The first-order chi connectivity index (χ1) is 8.23. The van der Waals surface area contributed by atoms with E-state index in [1.54, 1.807) is 13.0 Å². The lowest BCUT2D eigenvalue weighted by molar-refractivity contribution is 0.0580. The summed E-state index contributed by atoms with van der Waals surface area (Å²) in [5.41, 5.74) is 0.144. The number of aromatic nitrogens is 2. The van der Waals surface area contributed by atoms with Gasteiger partial charge in [-0.3, -0.25) is 0 Å². The van der Waals surface area contributed by atoms with E-state index in [-0.39, 0.29) is 5.95 Å². The number of nitrogens with zero attached hydrogens (tertiary/aromatic N) is 3. The van der Waals surface area contributed by atoms with E-state index >= 15 is 0 Å². The van der Waals surface area contributed by atoms with Gasteiger partial charge in [0.05, 0.1) is 0 Å². The van der Waals surface area contributed by atoms with E-state index in [0.717, 1.165) is 0 Å². The van der Waals surface area contributed by atoms with Crippen molar-refractivity contribution < 1.29 is 9.53 Å². The molecule has 0 fully saturated rings. The molecule has 0 atom stereocenters. The zero-order valence-corrected chi connectivity index (χ0v) is 12.1. The highest BCUT2D eigenvalue weighted by molar-refractivity contribution is 6.29. The van der Waals surface area contributed by atoms with Gasteiger partial charge in [-0.15, -0.1) is 0 Å². The molecule has 0 saturated heterocycles. The Morgan fingerprint density at radius 3 is 2.50 bits per heavy atom. The number of hydrogen-bond donors (Lipinski definition) is 0. The number of carbonyl (C=O) groups is 1. The van der Waals surface area contributed by atoms with Crippen LogP contribution in [-0.4, -0.2) is 28.2 Å². The fraction of sp³-hybridized carbons (Fsp3) is 0.583. The van der Waals surface area contributed by atoms with Crippen LogP contribution < -0.4 is 4.90 Å². The van der Waals surface area contributed by atoms with Crippen LogP contribution in [0.15, 0.2) is 6.07 Å². The van der Waals surface area contributed by atoms with E-state index in [1.807, 2.05) is 27.7 Å². The monoisotopic (exact) mass is 271 g/mol. The van der Waals surface area contributed by atoms with E-state index in [2.05, 4.69) is 9.97 Å². The van der Waals surface area contributed by atoms with Crippen molar-refractivity contribution in [3.63, 3.8) is 0 Å². The lowest BCUT2D eigenvalue weighted by atomic mass is 10.2. The summed E-state index contributed by atoms with van der Waals surface area (Å²) in [6, 6.07) is 1.63. The summed E-state index contributed by atoms with van der Waals surface area (Å²) in [7, 11) is 0. The van der Waals surface area contributed by atoms with Gasteiger partial charge < -0.3 is 4.74 Å². The van der Waals surface area contributed by atoms with Gasteiger partial charge in [0, 0.05) is 12.2 Å². The maximum absolute atomic E-state index is 12.0. The molecule has 0 aliphatic rings. The van der Waals surface area contributed by atoms with Crippen molar-refractivity contribution in [2.45, 2.75) is 40.2 Å². The van der Waals surface area contributed by atoms with E-state index < -0.39 is 11.7 Å². The Hall–Kier alpha value is -1.36. The molecule has 0 aromatic carbocycles. The Balaban J connectivity index is 2.99. The molecule has 5 nitrogen and oxygen atoms in total. The third-order valence-corrected chi connectivity index (χ3v) is 2.18. The highest BCUT2D eigenvalue weighted by Crippen LogP contribution is 2.17. The highest BCUT2D eigenvalue weighted by Gasteiger charge is 2.24. The molecule has 0 aliphatic carbocycles. The molecule has 0 saturated carbocycles. The molecule has 1 rings (SSSR count). The minimum atomic E-state index is -0.557. The number of ether oxygens (including phenoxy) is 1. The number of rotatable bonds is 2. The molecular weight excluding hydrogens is 254 g/mol. The number of hydrogen-bond acceptors (Lipinski definition) is 4. The zero-order chi connectivity index (χ0) is 13.9. The SMILES string of the molecule is CCN(C(=O)OC(C)(C)C)c1nc(C)cc(Cl)n1. The Morgan fingerprint density at radius 2 is 2.06 bits per heavy atom. The number of amides is 1. The summed E-state index contributed by atoms with van der Waals surface area (Å²) >= 11 is 5.86. The van der Waals surface area contributed by atoms with Crippen LogP contribution in [0.1, 0.15) is 33.4 Å². The molecule has 1 aromatic heterocycles. The molecule has 0 N–H and O–H groups in total. The largest absolute Gasteiger partial charge is 0.443 e. The van der Waals surface area contributed by atoms with Gasteiger partial charge in [0.2, 0.25) is 5.95 Å². The van der Waals surface area contributed by atoms with Crippen LogP contribution in [0, 0.1) is 6.92 Å². The van der Waals surface area contributed by atoms with E-state index in [9.17, 15) is 4.79 Å². The Morgan fingerprint density at radius 1 is 1.44 bits per heavy atom. The van der Waals surface area contributed by atoms with Gasteiger partial charge in [-0.25, -0.2) is 19.7 Å². The lowest BCUT2D eigenvalue weighted by Crippen LogP contribution is -2.37. The third kappa shape index (κ3) is 4.14. The van der Waals surface area contributed by atoms with Crippen molar-refractivity contribution >= 4 is 23.6 Å². The van der Waals surface area contributed by atoms with Gasteiger partial charge in [0.15, 0.2) is 0 Å². The number of anilines is 1. The Labute approximate surface area is 112 Å². The Bertz CT molecular complexity index is 423. The van der Waals surface area contributed by atoms with Crippen molar-refractivity contribution in [2.24, 2.45) is 0 Å². The molecule has 6 heteroatoms. The van der Waals surface area contributed by atoms with Crippen LogP contribution >= 0.6 is 11.6 Å². The second-order valence-electron chi connectivity index (χ2n) is 4.86. The fourth-order valence-electron chi connectivity index (χ4n) is 1.31. The topological polar surface area (TPSA) is 55.3 Å². The predicted molar refractivity (Wildman–Crippen MR) is 71.0 cm³/mol. The highest BCUT2D eigenvalue weighted by atomic mass is 35.5. The molecular formula is C12H18ClN3O2. The molecule has 1 aromatic rings. The van der Waals surface area contributed by atoms with Gasteiger partial charge in [-0.1, -0.05) is 11.6 Å². The van der Waals surface area contributed by atoms with Crippen LogP contribution in [0.5, 0.6) is 0 Å². The molecule has 100 valence electrons. The van der Waals surface area contributed by atoms with Crippen LogP contribution in [0.2, 0.25) is 5.15 Å². The summed E-state index contributed by atoms with van der Waals surface area (Å²) in [6.45, 7) is 9.45. The number of halogens is 1. The maximum atomic E-state index is 12.0. The van der Waals surface area contributed by atoms with Crippen LogP contribution in [0.3, 0.4) is 0 Å². The molecule has 18 heavy (non-hydrogen) atoms. The zero-order valence-electron chi connectivity index (χ0n) is 11.3. The quantitative estimate of drug-likeness (QED) is 0.775. The molecule has 0 bridgehead atoms. The molecule has 1 heterocycles. The number of carbonyl (C=O) groups excluding carboxylic acids is 1. The normalized spacial score (nSPS) is 11.2. The Kier molecular flexibility index (Phi) is 4.51. The van der Waals surface area contributed by atoms with E-state index in [0.29, 0.717) is 17.4 Å². The second-order valence-corrected chi connectivity index (χ2v) is 5.24. The van der Waals surface area contributed by atoms with E-state index in [1.165, 1.54) is 4.90 Å². The van der Waals surface area contributed by atoms with Gasteiger partial charge in [-0.05, 0) is 40.7 Å². The first-order valence-electron chi connectivity index (χ1n) is 5.74. The average molecular weight is 272 g/mol. The van der Waals surface area contributed by atoms with Crippen molar-refractivity contribution in [2.75, 3.05) is 11.4 Å². The third-order valence-electron chi connectivity index (χ3n) is 1.98. The van der Waals surface area contributed by atoms with Crippen molar-refractivity contribution in [3.8, 4) is 0 Å². The predicted octanol–water partition coefficient (Wildman–Crippen LogP) is 3.20. The summed E-state index contributed by atoms with van der Waals surface area (Å²) in [5.74, 6) is 0.261.